The topological polar surface area (TPSA) is 91.6 Å². The van der Waals surface area contributed by atoms with Gasteiger partial charge < -0.3 is 14.6 Å². The molecule has 2 N–H and O–H groups in total. The molecule has 1 fully saturated rings. The third-order valence-electron chi connectivity index (χ3n) is 3.58. The number of aromatic carboxylic acids is 1. The predicted molar refractivity (Wildman–Crippen MR) is 77.9 cm³/mol. The average Bonchev–Trinajstić information content (AvgIpc) is 2.96. The van der Waals surface area contributed by atoms with Gasteiger partial charge in [-0.2, -0.15) is 0 Å². The molecule has 1 aromatic rings. The maximum atomic E-state index is 12.4. The monoisotopic (exact) mass is 315 g/mol. The summed E-state index contributed by atoms with van der Waals surface area (Å²) in [5.41, 5.74) is 0.000708. The molecular weight excluding hydrogens is 294 g/mol. The first kappa shape index (κ1) is 16.0. The Kier molecular flexibility index (Phi) is 4.70. The molecule has 0 aromatic carbocycles. The second-order valence-electron chi connectivity index (χ2n) is 5.43. The Morgan fingerprint density at radius 1 is 1.52 bits per heavy atom. The van der Waals surface area contributed by atoms with E-state index in [1.165, 1.54) is 16.8 Å². The van der Waals surface area contributed by atoms with Crippen LogP contribution in [0.15, 0.2) is 17.2 Å². The Balaban J connectivity index is 2.23. The molecule has 0 aliphatic carbocycles. The maximum absolute atomic E-state index is 12.4. The van der Waals surface area contributed by atoms with E-state index in [1.54, 1.807) is 0 Å². The fraction of sp³-hybridized carbons (Fsp3) is 0.615. The van der Waals surface area contributed by atoms with Crippen molar-refractivity contribution in [1.29, 1.82) is 0 Å². The number of likely N-dealkylation sites (N-methyl/N-ethyl adjacent to an activating group) is 1. The van der Waals surface area contributed by atoms with Gasteiger partial charge in [0.15, 0.2) is 0 Å². The van der Waals surface area contributed by atoms with E-state index in [1.807, 2.05) is 14.0 Å². The van der Waals surface area contributed by atoms with Crippen LogP contribution >= 0.6 is 0 Å². The molecule has 0 amide bonds. The van der Waals surface area contributed by atoms with Gasteiger partial charge in [0.1, 0.15) is 10.6 Å². The summed E-state index contributed by atoms with van der Waals surface area (Å²) in [6, 6.07) is 1.10. The summed E-state index contributed by atoms with van der Waals surface area (Å²) in [6.07, 6.45) is 2.89. The van der Waals surface area contributed by atoms with Crippen molar-refractivity contribution in [3.05, 3.63) is 18.0 Å². The number of likely N-dealkylation sites (tertiary alicyclic amines) is 1. The average molecular weight is 315 g/mol. The highest BCUT2D eigenvalue weighted by Crippen LogP contribution is 2.17. The lowest BCUT2D eigenvalue weighted by molar-refractivity contribution is 0.0685. The first-order chi connectivity index (χ1) is 9.83. The molecule has 1 aromatic heterocycles. The van der Waals surface area contributed by atoms with Crippen LogP contribution in [-0.4, -0.2) is 55.1 Å². The Labute approximate surface area is 124 Å². The van der Waals surface area contributed by atoms with Crippen molar-refractivity contribution >= 4 is 16.0 Å². The van der Waals surface area contributed by atoms with Crippen molar-refractivity contribution in [2.24, 2.45) is 0 Å². The summed E-state index contributed by atoms with van der Waals surface area (Å²) < 4.78 is 28.8. The van der Waals surface area contributed by atoms with E-state index in [2.05, 4.69) is 9.62 Å². The van der Waals surface area contributed by atoms with Crippen LogP contribution in [0.3, 0.4) is 0 Å². The van der Waals surface area contributed by atoms with Crippen molar-refractivity contribution in [1.82, 2.24) is 14.2 Å². The van der Waals surface area contributed by atoms with Gasteiger partial charge in [-0.05, 0) is 32.5 Å². The number of rotatable bonds is 6. The maximum Gasteiger partial charge on any atom is 0.352 e. The van der Waals surface area contributed by atoms with Crippen LogP contribution in [0.25, 0.3) is 0 Å². The van der Waals surface area contributed by atoms with Crippen molar-refractivity contribution in [3.63, 3.8) is 0 Å². The molecule has 1 saturated heterocycles. The molecule has 21 heavy (non-hydrogen) atoms. The van der Waals surface area contributed by atoms with Crippen LogP contribution in [0, 0.1) is 0 Å². The normalized spacial score (nSPS) is 20.0. The molecule has 0 saturated carbocycles. The summed E-state index contributed by atoms with van der Waals surface area (Å²) in [5.74, 6) is -1.12. The molecule has 7 nitrogen and oxygen atoms in total. The summed E-state index contributed by atoms with van der Waals surface area (Å²) in [5, 5.41) is 9.15. The Bertz CT molecular complexity index is 623. The number of nitrogens with one attached hydrogen (secondary N) is 1. The minimum absolute atomic E-state index is 0.000708. The van der Waals surface area contributed by atoms with E-state index in [-0.39, 0.29) is 16.6 Å². The Morgan fingerprint density at radius 3 is 2.76 bits per heavy atom. The zero-order valence-corrected chi connectivity index (χ0v) is 13.1. The van der Waals surface area contributed by atoms with E-state index in [9.17, 15) is 13.2 Å². The molecule has 8 heteroatoms. The van der Waals surface area contributed by atoms with Crippen molar-refractivity contribution < 1.29 is 18.3 Å². The van der Waals surface area contributed by atoms with Crippen molar-refractivity contribution in [3.8, 4) is 0 Å². The fourth-order valence-electron chi connectivity index (χ4n) is 2.55. The first-order valence-corrected chi connectivity index (χ1v) is 8.46. The molecule has 1 atom stereocenters. The number of aryl methyl sites for hydroxylation is 1. The van der Waals surface area contributed by atoms with Crippen LogP contribution < -0.4 is 4.72 Å². The third kappa shape index (κ3) is 3.63. The van der Waals surface area contributed by atoms with E-state index < -0.39 is 16.0 Å². The zero-order valence-electron chi connectivity index (χ0n) is 12.2. The zero-order chi connectivity index (χ0) is 15.6. The minimum atomic E-state index is -3.68. The van der Waals surface area contributed by atoms with Crippen LogP contribution in [0.5, 0.6) is 0 Å². The van der Waals surface area contributed by atoms with Gasteiger partial charge >= 0.3 is 5.97 Å². The minimum Gasteiger partial charge on any atom is -0.477 e. The number of carboxylic acid groups (broad SMARTS) is 1. The Hall–Kier alpha value is -1.38. The fourth-order valence-corrected chi connectivity index (χ4v) is 3.85. The number of hydrogen-bond donors (Lipinski definition) is 2. The van der Waals surface area contributed by atoms with Crippen LogP contribution in [0.4, 0.5) is 0 Å². The van der Waals surface area contributed by atoms with Gasteiger partial charge in [-0.1, -0.05) is 6.92 Å². The summed E-state index contributed by atoms with van der Waals surface area (Å²) >= 11 is 0. The van der Waals surface area contributed by atoms with Gasteiger partial charge in [0.05, 0.1) is 0 Å². The van der Waals surface area contributed by atoms with Crippen LogP contribution in [0.1, 0.15) is 30.3 Å². The number of hydrogen-bond acceptors (Lipinski definition) is 4. The van der Waals surface area contributed by atoms with Gasteiger partial charge in [0.2, 0.25) is 10.0 Å². The smallest absolute Gasteiger partial charge is 0.352 e. The lowest BCUT2D eigenvalue weighted by atomic mass is 10.3. The van der Waals surface area contributed by atoms with E-state index in [0.717, 1.165) is 19.4 Å². The van der Waals surface area contributed by atoms with Gasteiger partial charge in [-0.25, -0.2) is 17.9 Å². The molecule has 1 unspecified atom stereocenters. The Morgan fingerprint density at radius 2 is 2.24 bits per heavy atom. The predicted octanol–water partition coefficient (Wildman–Crippen LogP) is 0.579. The summed E-state index contributed by atoms with van der Waals surface area (Å²) in [6.45, 7) is 3.90. The van der Waals surface area contributed by atoms with E-state index >= 15 is 0 Å². The molecule has 0 radical (unpaired) electrons. The molecule has 2 heterocycles. The molecule has 0 spiro atoms. The van der Waals surface area contributed by atoms with E-state index in [4.69, 9.17) is 5.11 Å². The van der Waals surface area contributed by atoms with Gasteiger partial charge in [-0.15, -0.1) is 0 Å². The highest BCUT2D eigenvalue weighted by atomic mass is 32.2. The van der Waals surface area contributed by atoms with Crippen molar-refractivity contribution in [2.75, 3.05) is 20.1 Å². The number of carboxylic acids is 1. The third-order valence-corrected chi connectivity index (χ3v) is 5.07. The molecule has 118 valence electrons. The van der Waals surface area contributed by atoms with E-state index in [0.29, 0.717) is 13.1 Å². The molecule has 2 rings (SSSR count). The lowest BCUT2D eigenvalue weighted by Crippen LogP contribution is -2.36. The van der Waals surface area contributed by atoms with Gasteiger partial charge in [0.25, 0.3) is 0 Å². The summed E-state index contributed by atoms with van der Waals surface area (Å²) in [4.78, 5) is 13.3. The quantitative estimate of drug-likeness (QED) is 0.801. The largest absolute Gasteiger partial charge is 0.477 e. The standard InChI is InChI=1S/C13H21N3O4S/c1-3-5-16-9-11(7-12(16)13(17)18)21(19,20)14-10-4-6-15(2)8-10/h7,9-10,14H,3-6,8H2,1-2H3,(H,17,18). The lowest BCUT2D eigenvalue weighted by Gasteiger charge is -2.12. The number of carbonyl (C=O) groups is 1. The molecule has 0 bridgehead atoms. The second kappa shape index (κ2) is 6.17. The highest BCUT2D eigenvalue weighted by Gasteiger charge is 2.27. The van der Waals surface area contributed by atoms with Crippen LogP contribution in [-0.2, 0) is 16.6 Å². The number of nitrogens with zero attached hydrogens (tertiary/aromatic N) is 2. The van der Waals surface area contributed by atoms with Crippen molar-refractivity contribution in [2.45, 2.75) is 37.2 Å². The molecule has 1 aliphatic heterocycles. The number of sulfonamides is 1. The highest BCUT2D eigenvalue weighted by molar-refractivity contribution is 7.89. The summed E-state index contributed by atoms with van der Waals surface area (Å²) in [7, 11) is -1.74. The first-order valence-electron chi connectivity index (χ1n) is 6.98. The SMILES string of the molecule is CCCn1cc(S(=O)(=O)NC2CCN(C)C2)cc1C(=O)O. The number of aromatic nitrogens is 1. The second-order valence-corrected chi connectivity index (χ2v) is 7.14. The van der Waals surface area contributed by atoms with Gasteiger partial charge in [0, 0.05) is 25.3 Å². The molecular formula is C13H21N3O4S. The molecule has 1 aliphatic rings. The van der Waals surface area contributed by atoms with Crippen LogP contribution in [0.2, 0.25) is 0 Å². The van der Waals surface area contributed by atoms with Gasteiger partial charge in [-0.3, -0.25) is 0 Å².